The Morgan fingerprint density at radius 2 is 0.540 bits per heavy atom. The Morgan fingerprint density at radius 3 is 0.760 bits per heavy atom. The largest absolute Gasteiger partial charge is 0.398 e. The summed E-state index contributed by atoms with van der Waals surface area (Å²) in [6.07, 6.45) is 0. The summed E-state index contributed by atoms with van der Waals surface area (Å²) < 4.78 is 0. The first-order valence-electron chi connectivity index (χ1n) is 17.4. The molecule has 0 amide bonds. The maximum absolute atomic E-state index is 6.79. The summed E-state index contributed by atoms with van der Waals surface area (Å²) in [5, 5.41) is 0. The van der Waals surface area contributed by atoms with Gasteiger partial charge in [0.05, 0.1) is 0 Å². The fourth-order valence-corrected chi connectivity index (χ4v) is 7.79. The van der Waals surface area contributed by atoms with Crippen molar-refractivity contribution >= 4 is 22.7 Å². The number of nitrogen functional groups attached to an aromatic ring is 4. The smallest absolute Gasteiger partial charge is 0.0386 e. The van der Waals surface area contributed by atoms with Crippen LogP contribution in [-0.2, 0) is 0 Å². The minimum atomic E-state index is -0.101. The molecule has 4 heteroatoms. The van der Waals surface area contributed by atoms with Crippen LogP contribution in [0.3, 0.4) is 0 Å². The zero-order valence-electron chi connectivity index (χ0n) is 30.7. The van der Waals surface area contributed by atoms with Crippen molar-refractivity contribution in [3.05, 3.63) is 175 Å². The van der Waals surface area contributed by atoms with Crippen LogP contribution < -0.4 is 22.9 Å². The number of aryl methyl sites for hydroxylation is 8. The lowest BCUT2D eigenvalue weighted by Crippen LogP contribution is -2.12. The molecule has 0 radical (unpaired) electrons. The van der Waals surface area contributed by atoms with E-state index in [9.17, 15) is 0 Å². The molecule has 0 saturated heterocycles. The number of hydrogen-bond donors (Lipinski definition) is 4. The quantitative estimate of drug-likeness (QED) is 0.101. The number of nitrogens with two attached hydrogens (primary N) is 4. The van der Waals surface area contributed by atoms with Crippen molar-refractivity contribution in [1.82, 2.24) is 0 Å². The van der Waals surface area contributed by atoms with Crippen LogP contribution in [0.1, 0.15) is 89.7 Å². The number of hydrogen-bond acceptors (Lipinski definition) is 4. The van der Waals surface area contributed by atoms with Gasteiger partial charge in [0.25, 0.3) is 0 Å². The highest BCUT2D eigenvalue weighted by molar-refractivity contribution is 5.71. The van der Waals surface area contributed by atoms with Crippen molar-refractivity contribution < 1.29 is 0 Å². The number of benzene rings is 6. The predicted molar refractivity (Wildman–Crippen MR) is 215 cm³/mol. The molecule has 0 heterocycles. The third-order valence-electron chi connectivity index (χ3n) is 10.3. The second-order valence-electron chi connectivity index (χ2n) is 14.4. The maximum Gasteiger partial charge on any atom is 0.0386 e. The van der Waals surface area contributed by atoms with Gasteiger partial charge in [-0.2, -0.15) is 0 Å². The first-order valence-corrected chi connectivity index (χ1v) is 17.4. The molecule has 0 aromatic heterocycles. The Morgan fingerprint density at radius 1 is 0.320 bits per heavy atom. The number of anilines is 4. The Hall–Kier alpha value is -5.48. The molecular formula is C46H50N4. The van der Waals surface area contributed by atoms with E-state index in [1.165, 1.54) is 22.3 Å². The van der Waals surface area contributed by atoms with Crippen molar-refractivity contribution in [3.63, 3.8) is 0 Å². The molecule has 0 aliphatic heterocycles. The molecule has 6 aromatic carbocycles. The monoisotopic (exact) mass is 658 g/mol. The van der Waals surface area contributed by atoms with Crippen molar-refractivity contribution in [2.75, 3.05) is 22.9 Å². The molecule has 0 atom stereocenters. The molecule has 0 unspecified atom stereocenters. The molecule has 50 heavy (non-hydrogen) atoms. The SMILES string of the molecule is Cc1cc(C)c(N)c(C(c2ccc(-c3ccc(C(c4cc(C)cc(C)c4N)c4cc(C)cc(C)c4N)cc3)cc2)c2cc(C)cc(C)c2N)c1. The number of rotatable bonds is 7. The first-order chi connectivity index (χ1) is 23.7. The Labute approximate surface area is 298 Å². The van der Waals surface area contributed by atoms with Gasteiger partial charge in [0, 0.05) is 34.6 Å². The second kappa shape index (κ2) is 13.4. The van der Waals surface area contributed by atoms with E-state index in [2.05, 4.69) is 152 Å². The fourth-order valence-electron chi connectivity index (χ4n) is 7.79. The summed E-state index contributed by atoms with van der Waals surface area (Å²) in [5.41, 5.74) is 48.3. The molecule has 0 saturated carbocycles. The van der Waals surface area contributed by atoms with Gasteiger partial charge in [0.1, 0.15) is 0 Å². The highest BCUT2D eigenvalue weighted by Gasteiger charge is 2.25. The highest BCUT2D eigenvalue weighted by Crippen LogP contribution is 2.43. The molecule has 0 aliphatic carbocycles. The molecule has 0 aliphatic rings. The second-order valence-corrected chi connectivity index (χ2v) is 14.4. The van der Waals surface area contributed by atoms with Crippen LogP contribution in [0.2, 0.25) is 0 Å². The lowest BCUT2D eigenvalue weighted by Gasteiger charge is -2.25. The van der Waals surface area contributed by atoms with Gasteiger partial charge in [-0.05, 0) is 122 Å². The van der Waals surface area contributed by atoms with Crippen molar-refractivity contribution in [2.45, 2.75) is 67.2 Å². The summed E-state index contributed by atoms with van der Waals surface area (Å²) >= 11 is 0. The van der Waals surface area contributed by atoms with Gasteiger partial charge in [-0.15, -0.1) is 0 Å². The fraction of sp³-hybridized carbons (Fsp3) is 0.217. The lowest BCUT2D eigenvalue weighted by atomic mass is 9.80. The summed E-state index contributed by atoms with van der Waals surface area (Å²) in [4.78, 5) is 0. The first kappa shape index (κ1) is 34.4. The minimum Gasteiger partial charge on any atom is -0.398 e. The lowest BCUT2D eigenvalue weighted by molar-refractivity contribution is 0.971. The molecule has 0 spiro atoms. The summed E-state index contributed by atoms with van der Waals surface area (Å²) in [7, 11) is 0. The van der Waals surface area contributed by atoms with E-state index >= 15 is 0 Å². The van der Waals surface area contributed by atoms with Gasteiger partial charge in [-0.1, -0.05) is 119 Å². The highest BCUT2D eigenvalue weighted by atomic mass is 14.6. The van der Waals surface area contributed by atoms with Crippen molar-refractivity contribution in [1.29, 1.82) is 0 Å². The molecular weight excluding hydrogens is 609 g/mol. The van der Waals surface area contributed by atoms with Crippen LogP contribution in [-0.4, -0.2) is 0 Å². The van der Waals surface area contributed by atoms with Crippen LogP contribution in [0.15, 0.2) is 97.1 Å². The molecule has 6 rings (SSSR count). The molecule has 6 aromatic rings. The topological polar surface area (TPSA) is 104 Å². The van der Waals surface area contributed by atoms with Crippen LogP contribution in [0.5, 0.6) is 0 Å². The zero-order chi connectivity index (χ0) is 36.0. The van der Waals surface area contributed by atoms with Crippen LogP contribution in [0, 0.1) is 55.4 Å². The average Bonchev–Trinajstić information content (AvgIpc) is 3.07. The van der Waals surface area contributed by atoms with E-state index in [0.29, 0.717) is 0 Å². The Kier molecular flexibility index (Phi) is 9.24. The van der Waals surface area contributed by atoms with E-state index in [1.54, 1.807) is 0 Å². The molecule has 4 nitrogen and oxygen atoms in total. The summed E-state index contributed by atoms with van der Waals surface area (Å²) in [6, 6.07) is 35.1. The third kappa shape index (κ3) is 6.46. The molecule has 254 valence electrons. The minimum absolute atomic E-state index is 0.101. The zero-order valence-corrected chi connectivity index (χ0v) is 30.7. The Balaban J connectivity index is 1.43. The van der Waals surface area contributed by atoms with Gasteiger partial charge in [-0.3, -0.25) is 0 Å². The van der Waals surface area contributed by atoms with Crippen LogP contribution in [0.25, 0.3) is 11.1 Å². The summed E-state index contributed by atoms with van der Waals surface area (Å²) in [6.45, 7) is 16.8. The predicted octanol–water partition coefficient (Wildman–Crippen LogP) is 10.5. The van der Waals surface area contributed by atoms with Crippen LogP contribution >= 0.6 is 0 Å². The van der Waals surface area contributed by atoms with E-state index < -0.39 is 0 Å². The average molecular weight is 659 g/mol. The molecule has 8 N–H and O–H groups in total. The standard InChI is InChI=1S/C46H50N4/c1-25-17-29(5)43(47)37(21-25)41(38-22-26(2)18-30(6)44(38)48)35-13-9-33(10-14-35)34-11-15-36(16-12-34)42(39-23-27(3)19-31(7)45(39)49)40-24-28(4)20-32(8)46(40)50/h9-24,41-42H,47-50H2,1-8H3. The van der Waals surface area contributed by atoms with Gasteiger partial charge >= 0.3 is 0 Å². The third-order valence-corrected chi connectivity index (χ3v) is 10.3. The van der Waals surface area contributed by atoms with E-state index in [4.69, 9.17) is 22.9 Å². The molecule has 0 fully saturated rings. The van der Waals surface area contributed by atoms with Gasteiger partial charge in [-0.25, -0.2) is 0 Å². The van der Waals surface area contributed by atoms with Gasteiger partial charge in [0.15, 0.2) is 0 Å². The van der Waals surface area contributed by atoms with E-state index in [1.807, 2.05) is 0 Å². The van der Waals surface area contributed by atoms with Gasteiger partial charge < -0.3 is 22.9 Å². The normalized spacial score (nSPS) is 11.5. The maximum atomic E-state index is 6.79. The van der Waals surface area contributed by atoms with Crippen LogP contribution in [0.4, 0.5) is 22.7 Å². The van der Waals surface area contributed by atoms with Crippen molar-refractivity contribution in [2.24, 2.45) is 0 Å². The Bertz CT molecular complexity index is 1950. The van der Waals surface area contributed by atoms with Crippen molar-refractivity contribution in [3.8, 4) is 11.1 Å². The van der Waals surface area contributed by atoms with Gasteiger partial charge in [0.2, 0.25) is 0 Å². The van der Waals surface area contributed by atoms with E-state index in [0.717, 1.165) is 89.5 Å². The molecule has 0 bridgehead atoms. The van der Waals surface area contributed by atoms with E-state index in [-0.39, 0.29) is 11.8 Å². The summed E-state index contributed by atoms with van der Waals surface area (Å²) in [5.74, 6) is -0.202.